The number of thiophene rings is 1. The third-order valence-electron chi connectivity index (χ3n) is 4.09. The normalized spacial score (nSPS) is 15.0. The number of aromatic nitrogens is 1. The fourth-order valence-electron chi connectivity index (χ4n) is 2.84. The average Bonchev–Trinajstić information content (AvgIpc) is 3.17. The van der Waals surface area contributed by atoms with Gasteiger partial charge in [0.25, 0.3) is 0 Å². The van der Waals surface area contributed by atoms with Crippen molar-refractivity contribution in [2.24, 2.45) is 4.99 Å². The van der Waals surface area contributed by atoms with Crippen molar-refractivity contribution in [2.45, 2.75) is 13.3 Å². The minimum atomic E-state index is 0. The molecule has 0 unspecified atom stereocenters. The molecule has 25 heavy (non-hydrogen) atoms. The van der Waals surface area contributed by atoms with Crippen molar-refractivity contribution < 1.29 is 0 Å². The van der Waals surface area contributed by atoms with E-state index in [1.54, 1.807) is 0 Å². The van der Waals surface area contributed by atoms with Gasteiger partial charge in [-0.1, -0.05) is 6.07 Å². The zero-order valence-corrected chi connectivity index (χ0v) is 17.7. The molecule has 1 fully saturated rings. The highest BCUT2D eigenvalue weighted by Crippen LogP contribution is 2.22. The lowest BCUT2D eigenvalue weighted by Gasteiger charge is -2.37. The fraction of sp³-hybridized carbons (Fsp3) is 0.444. The number of rotatable bonds is 5. The highest BCUT2D eigenvalue weighted by molar-refractivity contribution is 14.0. The predicted molar refractivity (Wildman–Crippen MR) is 117 cm³/mol. The van der Waals surface area contributed by atoms with Gasteiger partial charge in [-0.25, -0.2) is 0 Å². The molecule has 0 aromatic carbocycles. The Morgan fingerprint density at radius 1 is 1.20 bits per heavy atom. The number of aliphatic imine (C=N–C) groups is 1. The van der Waals surface area contributed by atoms with Crippen LogP contribution in [0.5, 0.6) is 0 Å². The Bertz CT molecular complexity index is 624. The molecule has 3 rings (SSSR count). The van der Waals surface area contributed by atoms with Gasteiger partial charge in [0.05, 0.1) is 5.00 Å². The standard InChI is InChI=1S/C18H25N5S.HI/c1-2-19-18(21-10-8-16-6-3-4-9-20-16)23-13-11-22(12-14-23)17-7-5-15-24-17;/h3-7,9,15H,2,8,10-14H2,1H3,(H,19,21);1H. The van der Waals surface area contributed by atoms with Gasteiger partial charge in [0.2, 0.25) is 0 Å². The van der Waals surface area contributed by atoms with Crippen LogP contribution in [0.4, 0.5) is 5.00 Å². The van der Waals surface area contributed by atoms with Crippen LogP contribution in [0.2, 0.25) is 0 Å². The van der Waals surface area contributed by atoms with Crippen molar-refractivity contribution >= 4 is 46.3 Å². The summed E-state index contributed by atoms with van der Waals surface area (Å²) in [7, 11) is 0. The Kier molecular flexibility index (Phi) is 8.47. The van der Waals surface area contributed by atoms with E-state index in [2.05, 4.69) is 50.6 Å². The number of nitrogens with zero attached hydrogens (tertiary/aromatic N) is 4. The first-order valence-corrected chi connectivity index (χ1v) is 9.46. The largest absolute Gasteiger partial charge is 0.360 e. The number of nitrogens with one attached hydrogen (secondary N) is 1. The monoisotopic (exact) mass is 471 g/mol. The second-order valence-corrected chi connectivity index (χ2v) is 6.66. The molecule has 0 radical (unpaired) electrons. The molecule has 0 bridgehead atoms. The smallest absolute Gasteiger partial charge is 0.194 e. The van der Waals surface area contributed by atoms with Crippen molar-refractivity contribution in [3.05, 3.63) is 47.6 Å². The lowest BCUT2D eigenvalue weighted by Crippen LogP contribution is -2.52. The third kappa shape index (κ3) is 5.85. The van der Waals surface area contributed by atoms with Gasteiger partial charge < -0.3 is 15.1 Å². The summed E-state index contributed by atoms with van der Waals surface area (Å²) in [5, 5.41) is 6.94. The maximum atomic E-state index is 4.80. The van der Waals surface area contributed by atoms with Gasteiger partial charge >= 0.3 is 0 Å². The van der Waals surface area contributed by atoms with Gasteiger partial charge in [-0.15, -0.1) is 35.3 Å². The van der Waals surface area contributed by atoms with E-state index < -0.39 is 0 Å². The predicted octanol–water partition coefficient (Wildman–Crippen LogP) is 3.09. The van der Waals surface area contributed by atoms with Crippen molar-refractivity contribution in [3.63, 3.8) is 0 Å². The molecule has 0 atom stereocenters. The van der Waals surface area contributed by atoms with Crippen molar-refractivity contribution in [3.8, 4) is 0 Å². The number of pyridine rings is 1. The van der Waals surface area contributed by atoms with Crippen LogP contribution in [-0.2, 0) is 6.42 Å². The Hall–Kier alpha value is -1.35. The molecule has 2 aromatic rings. The Morgan fingerprint density at radius 3 is 2.68 bits per heavy atom. The van der Waals surface area contributed by atoms with E-state index >= 15 is 0 Å². The van der Waals surface area contributed by atoms with Crippen LogP contribution in [-0.4, -0.2) is 55.1 Å². The van der Waals surface area contributed by atoms with E-state index in [1.165, 1.54) is 5.00 Å². The van der Waals surface area contributed by atoms with E-state index in [1.807, 2.05) is 29.7 Å². The number of guanidine groups is 1. The second kappa shape index (κ2) is 10.6. The number of anilines is 1. The van der Waals surface area contributed by atoms with E-state index in [4.69, 9.17) is 4.99 Å². The van der Waals surface area contributed by atoms with E-state index in [9.17, 15) is 0 Å². The summed E-state index contributed by atoms with van der Waals surface area (Å²) < 4.78 is 0. The van der Waals surface area contributed by atoms with Gasteiger partial charge in [-0.3, -0.25) is 9.98 Å². The van der Waals surface area contributed by atoms with Crippen LogP contribution in [0, 0.1) is 0 Å². The molecule has 1 saturated heterocycles. The fourth-order valence-corrected chi connectivity index (χ4v) is 3.62. The molecule has 1 aliphatic rings. The first kappa shape index (κ1) is 20.0. The molecule has 5 nitrogen and oxygen atoms in total. The maximum absolute atomic E-state index is 4.80. The molecule has 2 aromatic heterocycles. The van der Waals surface area contributed by atoms with E-state index in [0.29, 0.717) is 0 Å². The van der Waals surface area contributed by atoms with Crippen molar-refractivity contribution in [2.75, 3.05) is 44.2 Å². The van der Waals surface area contributed by atoms with E-state index in [-0.39, 0.29) is 24.0 Å². The summed E-state index contributed by atoms with van der Waals surface area (Å²) in [5.41, 5.74) is 1.10. The molecule has 136 valence electrons. The molecule has 0 aliphatic carbocycles. The summed E-state index contributed by atoms with van der Waals surface area (Å²) in [6.07, 6.45) is 2.72. The Labute approximate surface area is 171 Å². The average molecular weight is 471 g/mol. The number of hydrogen-bond donors (Lipinski definition) is 1. The topological polar surface area (TPSA) is 43.8 Å². The zero-order chi connectivity index (χ0) is 16.6. The molecule has 1 N–H and O–H groups in total. The minimum Gasteiger partial charge on any atom is -0.360 e. The van der Waals surface area contributed by atoms with Crippen LogP contribution in [0.25, 0.3) is 0 Å². The van der Waals surface area contributed by atoms with E-state index in [0.717, 1.165) is 57.3 Å². The van der Waals surface area contributed by atoms with Gasteiger partial charge in [-0.2, -0.15) is 0 Å². The summed E-state index contributed by atoms with van der Waals surface area (Å²) >= 11 is 1.82. The summed E-state index contributed by atoms with van der Waals surface area (Å²) in [6.45, 7) is 7.89. The molecule has 0 amide bonds. The molecule has 3 heterocycles. The molecule has 1 aliphatic heterocycles. The highest BCUT2D eigenvalue weighted by atomic mass is 127. The molecule has 0 saturated carbocycles. The SMILES string of the molecule is CCNC(=NCCc1ccccn1)N1CCN(c2cccs2)CC1.I. The summed E-state index contributed by atoms with van der Waals surface area (Å²) in [6, 6.07) is 10.4. The van der Waals surface area contributed by atoms with Crippen molar-refractivity contribution in [1.82, 2.24) is 15.2 Å². The number of piperazine rings is 1. The van der Waals surface area contributed by atoms with Crippen molar-refractivity contribution in [1.29, 1.82) is 0 Å². The first-order valence-electron chi connectivity index (χ1n) is 8.58. The number of hydrogen-bond acceptors (Lipinski definition) is 4. The first-order chi connectivity index (χ1) is 11.9. The lowest BCUT2D eigenvalue weighted by atomic mass is 10.3. The quantitative estimate of drug-likeness (QED) is 0.414. The van der Waals surface area contributed by atoms with Gasteiger partial charge in [0.1, 0.15) is 0 Å². The van der Waals surface area contributed by atoms with Gasteiger partial charge in [0, 0.05) is 57.6 Å². The lowest BCUT2D eigenvalue weighted by molar-refractivity contribution is 0.373. The van der Waals surface area contributed by atoms with Crippen LogP contribution < -0.4 is 10.2 Å². The van der Waals surface area contributed by atoms with Crippen LogP contribution in [0.15, 0.2) is 46.9 Å². The Balaban J connectivity index is 0.00000225. The van der Waals surface area contributed by atoms with Crippen LogP contribution in [0.3, 0.4) is 0 Å². The third-order valence-corrected chi connectivity index (χ3v) is 5.02. The molecule has 7 heteroatoms. The molecule has 0 spiro atoms. The number of halogens is 1. The minimum absolute atomic E-state index is 0. The van der Waals surface area contributed by atoms with Crippen LogP contribution in [0.1, 0.15) is 12.6 Å². The molecular weight excluding hydrogens is 445 g/mol. The second-order valence-electron chi connectivity index (χ2n) is 5.73. The molecular formula is C18H26IN5S. The summed E-state index contributed by atoms with van der Waals surface area (Å²) in [5.74, 6) is 1.03. The van der Waals surface area contributed by atoms with Gasteiger partial charge in [-0.05, 0) is 36.6 Å². The maximum Gasteiger partial charge on any atom is 0.194 e. The highest BCUT2D eigenvalue weighted by Gasteiger charge is 2.20. The van der Waals surface area contributed by atoms with Crippen LogP contribution >= 0.6 is 35.3 Å². The van der Waals surface area contributed by atoms with Gasteiger partial charge in [0.15, 0.2) is 5.96 Å². The zero-order valence-electron chi connectivity index (χ0n) is 14.6. The Morgan fingerprint density at radius 2 is 2.04 bits per heavy atom. The summed E-state index contributed by atoms with van der Waals surface area (Å²) in [4.78, 5) is 14.0.